The van der Waals surface area contributed by atoms with Gasteiger partial charge in [0.2, 0.25) is 5.88 Å². The summed E-state index contributed by atoms with van der Waals surface area (Å²) in [6, 6.07) is 6.95. The van der Waals surface area contributed by atoms with Gasteiger partial charge in [0.15, 0.2) is 5.65 Å². The molecule has 0 saturated carbocycles. The number of ether oxygens (including phenoxy) is 1. The number of amides is 1. The van der Waals surface area contributed by atoms with E-state index in [2.05, 4.69) is 15.0 Å². The number of carbonyl (C=O) groups excluding carboxylic acids is 1. The Morgan fingerprint density at radius 2 is 1.93 bits per heavy atom. The van der Waals surface area contributed by atoms with Crippen molar-refractivity contribution in [3.63, 3.8) is 0 Å². The molecule has 0 bridgehead atoms. The highest BCUT2D eigenvalue weighted by atomic mass is 16.5. The van der Waals surface area contributed by atoms with E-state index >= 15 is 0 Å². The summed E-state index contributed by atoms with van der Waals surface area (Å²) in [5.74, 6) is 0.452. The van der Waals surface area contributed by atoms with Gasteiger partial charge in [-0.05, 0) is 44.9 Å². The fourth-order valence-corrected chi connectivity index (χ4v) is 3.58. The third-order valence-electron chi connectivity index (χ3n) is 5.04. The SMILES string of the molecule is CC(C)Oc1ccc(C(=O)N2CCC(n3cnc4ncccc4c3=O)CC2)cn1. The molecule has 4 heterocycles. The molecule has 0 spiro atoms. The molecule has 0 radical (unpaired) electrons. The van der Waals surface area contributed by atoms with Gasteiger partial charge in [-0.25, -0.2) is 15.0 Å². The monoisotopic (exact) mass is 393 g/mol. The first kappa shape index (κ1) is 19.0. The van der Waals surface area contributed by atoms with Crippen molar-refractivity contribution in [2.75, 3.05) is 13.1 Å². The zero-order chi connectivity index (χ0) is 20.4. The minimum Gasteiger partial charge on any atom is -0.475 e. The van der Waals surface area contributed by atoms with Crippen molar-refractivity contribution in [1.82, 2.24) is 24.4 Å². The molecule has 1 amide bonds. The quantitative estimate of drug-likeness (QED) is 0.676. The second-order valence-electron chi connectivity index (χ2n) is 7.41. The largest absolute Gasteiger partial charge is 0.475 e. The molecule has 0 unspecified atom stereocenters. The Bertz CT molecular complexity index is 1070. The molecule has 0 aromatic carbocycles. The predicted molar refractivity (Wildman–Crippen MR) is 108 cm³/mol. The molecule has 0 N–H and O–H groups in total. The van der Waals surface area contributed by atoms with E-state index in [0.717, 1.165) is 0 Å². The maximum atomic E-state index is 12.8. The van der Waals surface area contributed by atoms with Crippen molar-refractivity contribution in [2.45, 2.75) is 38.8 Å². The molecule has 4 rings (SSSR count). The minimum absolute atomic E-state index is 0.0172. The van der Waals surface area contributed by atoms with E-state index in [1.54, 1.807) is 52.5 Å². The van der Waals surface area contributed by atoms with E-state index in [0.29, 0.717) is 48.4 Å². The smallest absolute Gasteiger partial charge is 0.263 e. The molecular formula is C21H23N5O3. The summed E-state index contributed by atoms with van der Waals surface area (Å²) >= 11 is 0. The van der Waals surface area contributed by atoms with Gasteiger partial charge in [0.05, 0.1) is 17.1 Å². The lowest BCUT2D eigenvalue weighted by Gasteiger charge is -2.32. The molecule has 1 aliphatic heterocycles. The third-order valence-corrected chi connectivity index (χ3v) is 5.04. The van der Waals surface area contributed by atoms with Crippen molar-refractivity contribution in [3.05, 3.63) is 58.9 Å². The second-order valence-corrected chi connectivity index (χ2v) is 7.41. The van der Waals surface area contributed by atoms with Crippen LogP contribution in [0.2, 0.25) is 0 Å². The number of fused-ring (bicyclic) bond motifs is 1. The Morgan fingerprint density at radius 1 is 1.14 bits per heavy atom. The van der Waals surface area contributed by atoms with Crippen LogP contribution in [0.3, 0.4) is 0 Å². The van der Waals surface area contributed by atoms with Crippen molar-refractivity contribution < 1.29 is 9.53 Å². The Balaban J connectivity index is 1.43. The van der Waals surface area contributed by atoms with Gasteiger partial charge in [0, 0.05) is 37.6 Å². The normalized spacial score (nSPS) is 15.1. The van der Waals surface area contributed by atoms with Crippen LogP contribution in [0.15, 0.2) is 47.8 Å². The molecule has 0 aliphatic carbocycles. The number of hydrogen-bond acceptors (Lipinski definition) is 6. The summed E-state index contributed by atoms with van der Waals surface area (Å²) in [6.45, 7) is 5.01. The fourth-order valence-electron chi connectivity index (χ4n) is 3.58. The number of likely N-dealkylation sites (tertiary alicyclic amines) is 1. The van der Waals surface area contributed by atoms with Crippen LogP contribution in [-0.4, -0.2) is 49.5 Å². The van der Waals surface area contributed by atoms with Crippen LogP contribution in [0.4, 0.5) is 0 Å². The zero-order valence-electron chi connectivity index (χ0n) is 16.5. The highest BCUT2D eigenvalue weighted by Gasteiger charge is 2.26. The van der Waals surface area contributed by atoms with Crippen LogP contribution in [0.1, 0.15) is 43.1 Å². The van der Waals surface area contributed by atoms with Crippen LogP contribution in [0.5, 0.6) is 5.88 Å². The van der Waals surface area contributed by atoms with Gasteiger partial charge in [-0.3, -0.25) is 14.2 Å². The molecule has 29 heavy (non-hydrogen) atoms. The average Bonchev–Trinajstić information content (AvgIpc) is 2.74. The Morgan fingerprint density at radius 3 is 2.62 bits per heavy atom. The third kappa shape index (κ3) is 3.96. The summed E-state index contributed by atoms with van der Waals surface area (Å²) in [5, 5.41) is 0.517. The first-order chi connectivity index (χ1) is 14.0. The van der Waals surface area contributed by atoms with Crippen LogP contribution >= 0.6 is 0 Å². The van der Waals surface area contributed by atoms with Gasteiger partial charge in [-0.15, -0.1) is 0 Å². The molecule has 3 aromatic rings. The molecule has 0 atom stereocenters. The summed E-state index contributed by atoms with van der Waals surface area (Å²) in [4.78, 5) is 40.0. The Hall–Kier alpha value is -3.29. The zero-order valence-corrected chi connectivity index (χ0v) is 16.5. The maximum absolute atomic E-state index is 12.8. The summed E-state index contributed by atoms with van der Waals surface area (Å²) < 4.78 is 7.19. The van der Waals surface area contributed by atoms with E-state index in [-0.39, 0.29) is 23.6 Å². The lowest BCUT2D eigenvalue weighted by atomic mass is 10.0. The molecule has 1 saturated heterocycles. The highest BCUT2D eigenvalue weighted by molar-refractivity contribution is 5.94. The first-order valence-corrected chi connectivity index (χ1v) is 9.77. The lowest BCUT2D eigenvalue weighted by Crippen LogP contribution is -2.41. The lowest BCUT2D eigenvalue weighted by molar-refractivity contribution is 0.0692. The van der Waals surface area contributed by atoms with Crippen LogP contribution < -0.4 is 10.3 Å². The number of carbonyl (C=O) groups is 1. The first-order valence-electron chi connectivity index (χ1n) is 9.77. The molecule has 8 nitrogen and oxygen atoms in total. The van der Waals surface area contributed by atoms with Gasteiger partial charge in [0.1, 0.15) is 6.33 Å². The van der Waals surface area contributed by atoms with Crippen molar-refractivity contribution in [1.29, 1.82) is 0 Å². The van der Waals surface area contributed by atoms with E-state index < -0.39 is 0 Å². The summed E-state index contributed by atoms with van der Waals surface area (Å²) in [5.41, 5.74) is 0.909. The average molecular weight is 393 g/mol. The second kappa shape index (κ2) is 7.98. The number of pyridine rings is 2. The molecular weight excluding hydrogens is 370 g/mol. The topological polar surface area (TPSA) is 90.2 Å². The van der Waals surface area contributed by atoms with Gasteiger partial charge in [-0.2, -0.15) is 0 Å². The van der Waals surface area contributed by atoms with Crippen LogP contribution in [0.25, 0.3) is 11.0 Å². The van der Waals surface area contributed by atoms with E-state index in [4.69, 9.17) is 4.74 Å². The van der Waals surface area contributed by atoms with Crippen LogP contribution in [-0.2, 0) is 0 Å². The Labute approximate surface area is 168 Å². The Kier molecular flexibility index (Phi) is 5.24. The van der Waals surface area contributed by atoms with Crippen molar-refractivity contribution >= 4 is 16.9 Å². The molecule has 1 fully saturated rings. The van der Waals surface area contributed by atoms with Gasteiger partial charge >= 0.3 is 0 Å². The molecule has 150 valence electrons. The van der Waals surface area contributed by atoms with E-state index in [1.807, 2.05) is 13.8 Å². The van der Waals surface area contributed by atoms with Crippen molar-refractivity contribution in [3.8, 4) is 5.88 Å². The maximum Gasteiger partial charge on any atom is 0.263 e. The number of aromatic nitrogens is 4. The molecule has 3 aromatic heterocycles. The fraction of sp³-hybridized carbons (Fsp3) is 0.381. The van der Waals surface area contributed by atoms with E-state index in [9.17, 15) is 9.59 Å². The highest BCUT2D eigenvalue weighted by Crippen LogP contribution is 2.23. The number of nitrogens with zero attached hydrogens (tertiary/aromatic N) is 5. The number of piperidine rings is 1. The molecule has 1 aliphatic rings. The standard InChI is InChI=1S/C21H23N5O3/c1-14(2)29-18-6-5-15(12-23-18)20(27)25-10-7-16(8-11-25)26-13-24-19-17(21(26)28)4-3-9-22-19/h3-6,9,12-14,16H,7-8,10-11H2,1-2H3. The predicted octanol–water partition coefficient (Wildman–Crippen LogP) is 2.45. The summed E-state index contributed by atoms with van der Waals surface area (Å²) in [6.07, 6.45) is 6.17. The van der Waals surface area contributed by atoms with E-state index in [1.165, 1.54) is 0 Å². The minimum atomic E-state index is -0.0854. The number of hydrogen-bond donors (Lipinski definition) is 0. The van der Waals surface area contributed by atoms with Gasteiger partial charge < -0.3 is 9.64 Å². The summed E-state index contributed by atoms with van der Waals surface area (Å²) in [7, 11) is 0. The van der Waals surface area contributed by atoms with Crippen molar-refractivity contribution in [2.24, 2.45) is 0 Å². The van der Waals surface area contributed by atoms with Gasteiger partial charge in [0.25, 0.3) is 11.5 Å². The number of rotatable bonds is 4. The van der Waals surface area contributed by atoms with Gasteiger partial charge in [-0.1, -0.05) is 0 Å². The van der Waals surface area contributed by atoms with Crippen LogP contribution in [0, 0.1) is 0 Å². The molecule has 8 heteroatoms.